The number of benzene rings is 1. The van der Waals surface area contributed by atoms with E-state index in [1.54, 1.807) is 0 Å². The van der Waals surface area contributed by atoms with Gasteiger partial charge in [0.05, 0.1) is 13.2 Å². The minimum absolute atomic E-state index is 0.524. The Labute approximate surface area is 163 Å². The first-order valence-corrected chi connectivity index (χ1v) is 10.3. The maximum Gasteiger partial charge on any atom is 0.133 e. The number of fused-ring (bicyclic) bond motifs is 1. The molecule has 0 aromatic heterocycles. The molecule has 0 aliphatic carbocycles. The molecule has 1 saturated heterocycles. The number of hydrogen-bond donors (Lipinski definition) is 0. The van der Waals surface area contributed by atoms with Crippen molar-refractivity contribution in [2.24, 2.45) is 4.99 Å². The van der Waals surface area contributed by atoms with Crippen LogP contribution in [-0.2, 0) is 11.2 Å². The van der Waals surface area contributed by atoms with Gasteiger partial charge in [-0.05, 0) is 62.4 Å². The molecule has 0 amide bonds. The van der Waals surface area contributed by atoms with Crippen molar-refractivity contribution in [1.29, 1.82) is 0 Å². The number of rotatable bonds is 10. The van der Waals surface area contributed by atoms with E-state index < -0.39 is 0 Å². The Hall–Kier alpha value is -1.94. The number of nitrogens with zero attached hydrogens (tertiary/aromatic N) is 2. The summed E-state index contributed by atoms with van der Waals surface area (Å²) in [6, 6.07) is 7.20. The Bertz CT molecular complexity index is 683. The molecule has 0 bridgehead atoms. The first kappa shape index (κ1) is 19.8. The maximum atomic E-state index is 11.1. The summed E-state index contributed by atoms with van der Waals surface area (Å²) in [7, 11) is 0. The molecule has 0 spiro atoms. The molecule has 1 aromatic carbocycles. The average Bonchev–Trinajstić information content (AvgIpc) is 3.28. The smallest absolute Gasteiger partial charge is 0.133 e. The predicted molar refractivity (Wildman–Crippen MR) is 111 cm³/mol. The lowest BCUT2D eigenvalue weighted by molar-refractivity contribution is -0.109. The van der Waals surface area contributed by atoms with Gasteiger partial charge in [-0.2, -0.15) is 0 Å². The van der Waals surface area contributed by atoms with Crippen molar-refractivity contribution in [3.05, 3.63) is 41.1 Å². The standard InChI is InChI=1S/C23H32N2O2/c1-18(16-24-2)6-4-3-5-7-22-15-21(17-25(22)11-12-26)19-8-9-23-20(14-19)10-13-27-23/h8-9,12,14,16,21-22H,2-7,10-11,13,15,17H2,1H3/b18-16-. The quantitative estimate of drug-likeness (QED) is 0.346. The zero-order valence-electron chi connectivity index (χ0n) is 16.5. The van der Waals surface area contributed by atoms with Crippen LogP contribution in [0.25, 0.3) is 0 Å². The summed E-state index contributed by atoms with van der Waals surface area (Å²) < 4.78 is 5.63. The van der Waals surface area contributed by atoms with Crippen molar-refractivity contribution in [3.63, 3.8) is 0 Å². The van der Waals surface area contributed by atoms with Gasteiger partial charge in [-0.3, -0.25) is 9.89 Å². The number of allylic oxidation sites excluding steroid dienone is 1. The van der Waals surface area contributed by atoms with E-state index in [1.165, 1.54) is 42.4 Å². The molecule has 0 N–H and O–H groups in total. The van der Waals surface area contributed by atoms with Crippen molar-refractivity contribution in [2.45, 2.75) is 63.8 Å². The molecule has 2 unspecified atom stereocenters. The number of carbonyl (C=O) groups excluding carboxylic acids is 1. The van der Waals surface area contributed by atoms with E-state index in [4.69, 9.17) is 4.74 Å². The van der Waals surface area contributed by atoms with Crippen LogP contribution in [0, 0.1) is 0 Å². The number of aldehydes is 1. The van der Waals surface area contributed by atoms with Crippen LogP contribution in [0.5, 0.6) is 5.75 Å². The fourth-order valence-electron chi connectivity index (χ4n) is 4.49. The van der Waals surface area contributed by atoms with Gasteiger partial charge in [0.1, 0.15) is 12.0 Å². The molecule has 0 saturated carbocycles. The van der Waals surface area contributed by atoms with Crippen LogP contribution >= 0.6 is 0 Å². The lowest BCUT2D eigenvalue weighted by Crippen LogP contribution is -2.31. The van der Waals surface area contributed by atoms with Crippen LogP contribution in [0.1, 0.15) is 62.5 Å². The van der Waals surface area contributed by atoms with E-state index in [9.17, 15) is 4.79 Å². The first-order valence-electron chi connectivity index (χ1n) is 10.3. The summed E-state index contributed by atoms with van der Waals surface area (Å²) in [5.74, 6) is 1.58. The molecule has 27 heavy (non-hydrogen) atoms. The van der Waals surface area contributed by atoms with Crippen LogP contribution in [-0.4, -0.2) is 43.6 Å². The van der Waals surface area contributed by atoms with Crippen LogP contribution in [0.4, 0.5) is 0 Å². The van der Waals surface area contributed by atoms with Crippen LogP contribution < -0.4 is 4.74 Å². The summed E-state index contributed by atoms with van der Waals surface area (Å²) in [5.41, 5.74) is 4.06. The highest BCUT2D eigenvalue weighted by Gasteiger charge is 2.32. The highest BCUT2D eigenvalue weighted by atomic mass is 16.5. The maximum absolute atomic E-state index is 11.1. The highest BCUT2D eigenvalue weighted by Crippen LogP contribution is 2.36. The number of likely N-dealkylation sites (tertiary alicyclic amines) is 1. The van der Waals surface area contributed by atoms with Gasteiger partial charge in [-0.15, -0.1) is 0 Å². The van der Waals surface area contributed by atoms with Gasteiger partial charge in [0.15, 0.2) is 0 Å². The Kier molecular flexibility index (Phi) is 7.22. The third-order valence-electron chi connectivity index (χ3n) is 5.94. The van der Waals surface area contributed by atoms with Gasteiger partial charge in [0.2, 0.25) is 0 Å². The SMILES string of the molecule is C=N/C=C(/C)CCCCCC1CC(c2ccc3c(c2)CCO3)CN1CC=O. The van der Waals surface area contributed by atoms with E-state index in [2.05, 4.69) is 41.7 Å². The third-order valence-corrected chi connectivity index (χ3v) is 5.94. The van der Waals surface area contributed by atoms with Crippen LogP contribution in [0.3, 0.4) is 0 Å². The molecule has 146 valence electrons. The monoisotopic (exact) mass is 368 g/mol. The molecule has 0 radical (unpaired) electrons. The van der Waals surface area contributed by atoms with E-state index >= 15 is 0 Å². The Balaban J connectivity index is 1.51. The molecule has 2 aliphatic rings. The van der Waals surface area contributed by atoms with E-state index in [0.29, 0.717) is 18.5 Å². The molecule has 4 heteroatoms. The van der Waals surface area contributed by atoms with Gasteiger partial charge in [0, 0.05) is 25.2 Å². The minimum atomic E-state index is 0.524. The zero-order chi connectivity index (χ0) is 19.1. The van der Waals surface area contributed by atoms with Gasteiger partial charge in [-0.25, -0.2) is 0 Å². The lowest BCUT2D eigenvalue weighted by atomic mass is 9.93. The zero-order valence-corrected chi connectivity index (χ0v) is 16.5. The molecule has 2 aliphatic heterocycles. The Morgan fingerprint density at radius 1 is 1.37 bits per heavy atom. The second-order valence-corrected chi connectivity index (χ2v) is 7.93. The molecular formula is C23H32N2O2. The number of unbranched alkanes of at least 4 members (excludes halogenated alkanes) is 2. The summed E-state index contributed by atoms with van der Waals surface area (Å²) in [4.78, 5) is 17.3. The molecule has 1 fully saturated rings. The molecule has 4 nitrogen and oxygen atoms in total. The first-order chi connectivity index (χ1) is 13.2. The average molecular weight is 369 g/mol. The molecule has 1 aromatic rings. The van der Waals surface area contributed by atoms with Crippen molar-refractivity contribution in [1.82, 2.24) is 4.90 Å². The number of carbonyl (C=O) groups is 1. The fourth-order valence-corrected chi connectivity index (χ4v) is 4.49. The normalized spacial score (nSPS) is 22.5. The van der Waals surface area contributed by atoms with Crippen LogP contribution in [0.15, 0.2) is 35.0 Å². The number of aliphatic imine (C=N–C) groups is 1. The van der Waals surface area contributed by atoms with Crippen molar-refractivity contribution >= 4 is 13.0 Å². The van der Waals surface area contributed by atoms with Gasteiger partial charge in [-0.1, -0.05) is 30.5 Å². The summed E-state index contributed by atoms with van der Waals surface area (Å²) in [5, 5.41) is 0. The number of ether oxygens (including phenoxy) is 1. The largest absolute Gasteiger partial charge is 0.493 e. The van der Waals surface area contributed by atoms with Crippen molar-refractivity contribution < 1.29 is 9.53 Å². The van der Waals surface area contributed by atoms with E-state index in [1.807, 2.05) is 6.20 Å². The van der Waals surface area contributed by atoms with E-state index in [-0.39, 0.29) is 0 Å². The van der Waals surface area contributed by atoms with Crippen molar-refractivity contribution in [2.75, 3.05) is 19.7 Å². The lowest BCUT2D eigenvalue weighted by Gasteiger charge is -2.21. The summed E-state index contributed by atoms with van der Waals surface area (Å²) >= 11 is 0. The molecular weight excluding hydrogens is 336 g/mol. The fraction of sp³-hybridized carbons (Fsp3) is 0.565. The summed E-state index contributed by atoms with van der Waals surface area (Å²) in [6.45, 7) is 7.98. The van der Waals surface area contributed by atoms with Gasteiger partial charge in [0.25, 0.3) is 0 Å². The predicted octanol–water partition coefficient (Wildman–Crippen LogP) is 4.53. The van der Waals surface area contributed by atoms with Gasteiger partial charge >= 0.3 is 0 Å². The third kappa shape index (κ3) is 5.29. The van der Waals surface area contributed by atoms with Crippen LogP contribution in [0.2, 0.25) is 0 Å². The number of hydrogen-bond acceptors (Lipinski definition) is 4. The molecule has 2 heterocycles. The Morgan fingerprint density at radius 2 is 2.26 bits per heavy atom. The highest BCUT2D eigenvalue weighted by molar-refractivity contribution is 5.52. The second-order valence-electron chi connectivity index (χ2n) is 7.93. The van der Waals surface area contributed by atoms with Crippen molar-refractivity contribution in [3.8, 4) is 5.75 Å². The molecule has 2 atom stereocenters. The molecule has 3 rings (SSSR count). The topological polar surface area (TPSA) is 41.9 Å². The second kappa shape index (κ2) is 9.84. The summed E-state index contributed by atoms with van der Waals surface area (Å²) in [6.07, 6.45) is 11.0. The minimum Gasteiger partial charge on any atom is -0.493 e. The Morgan fingerprint density at radius 3 is 3.07 bits per heavy atom. The van der Waals surface area contributed by atoms with Gasteiger partial charge < -0.3 is 9.53 Å². The van der Waals surface area contributed by atoms with E-state index in [0.717, 1.165) is 44.4 Å².